The van der Waals surface area contributed by atoms with Gasteiger partial charge in [0, 0.05) is 5.02 Å². The van der Waals surface area contributed by atoms with Gasteiger partial charge in [-0.2, -0.15) is 0 Å². The Morgan fingerprint density at radius 2 is 1.80 bits per heavy atom. The number of halogens is 3. The lowest BCUT2D eigenvalue weighted by Crippen LogP contribution is -2.22. The first-order chi connectivity index (χ1) is 6.88. The Bertz CT molecular complexity index is 364. The van der Waals surface area contributed by atoms with E-state index in [-0.39, 0.29) is 10.4 Å². The van der Waals surface area contributed by atoms with Gasteiger partial charge >= 0.3 is 0 Å². The molecule has 15 heavy (non-hydrogen) atoms. The molecule has 1 aromatic carbocycles. The fourth-order valence-electron chi connectivity index (χ4n) is 1.54. The van der Waals surface area contributed by atoms with Crippen LogP contribution in [0.15, 0.2) is 12.1 Å². The van der Waals surface area contributed by atoms with Crippen LogP contribution in [0.4, 0.5) is 8.78 Å². The Morgan fingerprint density at radius 1 is 1.27 bits per heavy atom. The molecule has 0 aromatic heterocycles. The Morgan fingerprint density at radius 3 is 2.33 bits per heavy atom. The lowest BCUT2D eigenvalue weighted by atomic mass is 9.81. The summed E-state index contributed by atoms with van der Waals surface area (Å²) in [5, 5.41) is 0.243. The molecule has 0 aliphatic carbocycles. The van der Waals surface area contributed by atoms with Gasteiger partial charge in [-0.05, 0) is 36.1 Å². The predicted octanol–water partition coefficient (Wildman–Crippen LogP) is 3.24. The summed E-state index contributed by atoms with van der Waals surface area (Å²) >= 11 is 5.87. The second-order valence-corrected chi connectivity index (χ2v) is 4.58. The van der Waals surface area contributed by atoms with Crippen molar-refractivity contribution in [2.24, 2.45) is 5.73 Å². The molecule has 0 aliphatic rings. The Kier molecular flexibility index (Phi) is 3.68. The molecule has 4 heteroatoms. The van der Waals surface area contributed by atoms with Crippen molar-refractivity contribution in [3.63, 3.8) is 0 Å². The maximum absolute atomic E-state index is 13.1. The second-order valence-electron chi connectivity index (χ2n) is 4.17. The summed E-state index contributed by atoms with van der Waals surface area (Å²) in [6.07, 6.45) is 0.664. The van der Waals surface area contributed by atoms with Crippen LogP contribution in [0.2, 0.25) is 5.02 Å². The van der Waals surface area contributed by atoms with E-state index in [4.69, 9.17) is 17.3 Å². The highest BCUT2D eigenvalue weighted by Gasteiger charge is 2.24. The lowest BCUT2D eigenvalue weighted by Gasteiger charge is -2.25. The molecule has 0 aliphatic heterocycles. The van der Waals surface area contributed by atoms with Crippen LogP contribution in [0, 0.1) is 11.6 Å². The monoisotopic (exact) mass is 233 g/mol. The van der Waals surface area contributed by atoms with Crippen LogP contribution in [-0.4, -0.2) is 6.54 Å². The molecular weight excluding hydrogens is 220 g/mol. The Balaban J connectivity index is 3.19. The normalized spacial score (nSPS) is 11.9. The minimum Gasteiger partial charge on any atom is -0.330 e. The van der Waals surface area contributed by atoms with Gasteiger partial charge in [0.2, 0.25) is 0 Å². The molecule has 0 saturated carbocycles. The third-order valence-corrected chi connectivity index (χ3v) is 2.82. The van der Waals surface area contributed by atoms with E-state index >= 15 is 0 Å². The fraction of sp³-hybridized carbons (Fsp3) is 0.455. The minimum atomic E-state index is -0.924. The van der Waals surface area contributed by atoms with E-state index < -0.39 is 11.6 Å². The van der Waals surface area contributed by atoms with Crippen molar-refractivity contribution in [1.29, 1.82) is 0 Å². The van der Waals surface area contributed by atoms with Crippen LogP contribution >= 0.6 is 11.6 Å². The molecule has 0 radical (unpaired) electrons. The zero-order valence-corrected chi connectivity index (χ0v) is 9.54. The Hall–Kier alpha value is -0.670. The zero-order valence-electron chi connectivity index (χ0n) is 8.78. The molecule has 0 saturated heterocycles. The number of hydrogen-bond donors (Lipinski definition) is 1. The first kappa shape index (κ1) is 12.4. The highest BCUT2D eigenvalue weighted by Crippen LogP contribution is 2.33. The summed E-state index contributed by atoms with van der Waals surface area (Å²) < 4.78 is 25.9. The van der Waals surface area contributed by atoms with E-state index in [0.717, 1.165) is 12.1 Å². The smallest absolute Gasteiger partial charge is 0.160 e. The van der Waals surface area contributed by atoms with Gasteiger partial charge in [-0.25, -0.2) is 8.78 Å². The van der Waals surface area contributed by atoms with Crippen LogP contribution in [0.3, 0.4) is 0 Å². The van der Waals surface area contributed by atoms with Crippen molar-refractivity contribution < 1.29 is 8.78 Å². The molecular formula is C11H14ClF2N. The fourth-order valence-corrected chi connectivity index (χ4v) is 1.94. The van der Waals surface area contributed by atoms with E-state index in [1.54, 1.807) is 0 Å². The van der Waals surface area contributed by atoms with Gasteiger partial charge in [0.1, 0.15) is 0 Å². The first-order valence-electron chi connectivity index (χ1n) is 4.73. The van der Waals surface area contributed by atoms with Crippen molar-refractivity contribution in [2.75, 3.05) is 6.54 Å². The van der Waals surface area contributed by atoms with Crippen molar-refractivity contribution >= 4 is 11.6 Å². The topological polar surface area (TPSA) is 26.0 Å². The molecule has 84 valence electrons. The largest absolute Gasteiger partial charge is 0.330 e. The van der Waals surface area contributed by atoms with Gasteiger partial charge in [0.15, 0.2) is 11.6 Å². The molecule has 1 aromatic rings. The zero-order chi connectivity index (χ0) is 11.6. The van der Waals surface area contributed by atoms with Gasteiger partial charge in [0.05, 0.1) is 0 Å². The molecule has 2 N–H and O–H groups in total. The van der Waals surface area contributed by atoms with Gasteiger partial charge < -0.3 is 5.73 Å². The van der Waals surface area contributed by atoms with E-state index in [1.165, 1.54) is 0 Å². The predicted molar refractivity (Wildman–Crippen MR) is 58.1 cm³/mol. The van der Waals surface area contributed by atoms with Gasteiger partial charge in [0.25, 0.3) is 0 Å². The molecule has 0 fully saturated rings. The average Bonchev–Trinajstić information content (AvgIpc) is 2.11. The summed E-state index contributed by atoms with van der Waals surface area (Å²) in [5.41, 5.74) is 5.70. The van der Waals surface area contributed by atoms with Crippen molar-refractivity contribution in [1.82, 2.24) is 0 Å². The maximum Gasteiger partial charge on any atom is 0.160 e. The molecule has 0 bridgehead atoms. The molecule has 0 unspecified atom stereocenters. The number of benzene rings is 1. The Labute approximate surface area is 93.2 Å². The van der Waals surface area contributed by atoms with Crippen LogP contribution in [0.1, 0.15) is 25.8 Å². The van der Waals surface area contributed by atoms with Crippen LogP contribution in [0.5, 0.6) is 0 Å². The highest BCUT2D eigenvalue weighted by molar-refractivity contribution is 6.31. The van der Waals surface area contributed by atoms with Crippen molar-refractivity contribution in [3.8, 4) is 0 Å². The van der Waals surface area contributed by atoms with Crippen molar-refractivity contribution in [2.45, 2.75) is 25.7 Å². The quantitative estimate of drug-likeness (QED) is 0.797. The molecule has 0 atom stereocenters. The maximum atomic E-state index is 13.1. The lowest BCUT2D eigenvalue weighted by molar-refractivity contribution is 0.469. The number of rotatable bonds is 3. The molecule has 0 amide bonds. The summed E-state index contributed by atoms with van der Waals surface area (Å²) in [6.45, 7) is 4.28. The molecule has 0 spiro atoms. The summed E-state index contributed by atoms with van der Waals surface area (Å²) in [7, 11) is 0. The van der Waals surface area contributed by atoms with E-state index in [9.17, 15) is 8.78 Å². The molecule has 0 heterocycles. The van der Waals surface area contributed by atoms with E-state index in [0.29, 0.717) is 18.5 Å². The average molecular weight is 234 g/mol. The molecule has 1 nitrogen and oxygen atoms in total. The third kappa shape index (κ3) is 2.67. The number of nitrogens with two attached hydrogens (primary N) is 1. The van der Waals surface area contributed by atoms with Crippen LogP contribution in [-0.2, 0) is 5.41 Å². The van der Waals surface area contributed by atoms with Gasteiger partial charge in [-0.15, -0.1) is 0 Å². The summed E-state index contributed by atoms with van der Waals surface area (Å²) in [5.74, 6) is -1.80. The summed E-state index contributed by atoms with van der Waals surface area (Å²) in [4.78, 5) is 0. The first-order valence-corrected chi connectivity index (χ1v) is 5.11. The third-order valence-electron chi connectivity index (χ3n) is 2.51. The highest BCUT2D eigenvalue weighted by atomic mass is 35.5. The van der Waals surface area contributed by atoms with Gasteiger partial charge in [-0.1, -0.05) is 25.4 Å². The second kappa shape index (κ2) is 4.45. The summed E-state index contributed by atoms with van der Waals surface area (Å²) in [6, 6.07) is 2.15. The van der Waals surface area contributed by atoms with Crippen LogP contribution < -0.4 is 5.73 Å². The standard InChI is InChI=1S/C11H14ClF2N/c1-11(2,3-4-15)7-5-9(13)10(14)6-8(7)12/h5-6H,3-4,15H2,1-2H3. The van der Waals surface area contributed by atoms with Gasteiger partial charge in [-0.3, -0.25) is 0 Å². The van der Waals surface area contributed by atoms with Crippen LogP contribution in [0.25, 0.3) is 0 Å². The van der Waals surface area contributed by atoms with E-state index in [2.05, 4.69) is 0 Å². The minimum absolute atomic E-state index is 0.243. The molecule has 1 rings (SSSR count). The van der Waals surface area contributed by atoms with Crippen molar-refractivity contribution in [3.05, 3.63) is 34.4 Å². The number of hydrogen-bond acceptors (Lipinski definition) is 1. The van der Waals surface area contributed by atoms with E-state index in [1.807, 2.05) is 13.8 Å². The SMILES string of the molecule is CC(C)(CCN)c1cc(F)c(F)cc1Cl.